The van der Waals surface area contributed by atoms with E-state index in [4.69, 9.17) is 0 Å². The Morgan fingerprint density at radius 3 is 2.40 bits per heavy atom. The molecule has 0 aliphatic carbocycles. The zero-order chi connectivity index (χ0) is 14.7. The number of hydrogen-bond acceptors (Lipinski definition) is 2. The lowest BCUT2D eigenvalue weighted by molar-refractivity contribution is 0.102. The molecule has 1 aromatic heterocycles. The lowest BCUT2D eigenvalue weighted by atomic mass is 10.0. The molecule has 5 heteroatoms. The minimum absolute atomic E-state index is 0.370. The van der Waals surface area contributed by atoms with Crippen LogP contribution in [0.5, 0.6) is 0 Å². The van der Waals surface area contributed by atoms with E-state index >= 15 is 0 Å². The number of aromatic nitrogens is 1. The Kier molecular flexibility index (Phi) is 4.08. The molecule has 2 aromatic rings. The number of nitrogens with one attached hydrogen (secondary N) is 1. The van der Waals surface area contributed by atoms with Crippen molar-refractivity contribution in [2.75, 3.05) is 5.32 Å². The van der Waals surface area contributed by atoms with Crippen molar-refractivity contribution in [1.29, 1.82) is 0 Å². The number of amides is 1. The largest absolute Gasteiger partial charge is 0.322 e. The van der Waals surface area contributed by atoms with E-state index in [2.05, 4.69) is 24.1 Å². The summed E-state index contributed by atoms with van der Waals surface area (Å²) in [6.07, 6.45) is 1.05. The summed E-state index contributed by atoms with van der Waals surface area (Å²) in [4.78, 5) is 15.0. The third-order valence-electron chi connectivity index (χ3n) is 2.93. The molecule has 20 heavy (non-hydrogen) atoms. The van der Waals surface area contributed by atoms with Crippen LogP contribution in [0.25, 0.3) is 0 Å². The van der Waals surface area contributed by atoms with E-state index in [1.807, 2.05) is 12.1 Å². The highest BCUT2D eigenvalue weighted by Crippen LogP contribution is 2.18. The highest BCUT2D eigenvalue weighted by atomic mass is 19.2. The molecule has 0 saturated heterocycles. The first-order valence-electron chi connectivity index (χ1n) is 6.20. The Bertz CT molecular complexity index is 624. The smallest absolute Gasteiger partial charge is 0.258 e. The van der Waals surface area contributed by atoms with E-state index in [0.717, 1.165) is 17.8 Å². The maximum absolute atomic E-state index is 13.4. The molecule has 1 heterocycles. The Morgan fingerprint density at radius 1 is 1.15 bits per heavy atom. The Labute approximate surface area is 115 Å². The summed E-state index contributed by atoms with van der Waals surface area (Å²) in [6.45, 7) is 4.12. The van der Waals surface area contributed by atoms with Gasteiger partial charge < -0.3 is 5.32 Å². The summed E-state index contributed by atoms with van der Waals surface area (Å²) in [7, 11) is 0. The number of rotatable bonds is 3. The second-order valence-corrected chi connectivity index (χ2v) is 4.69. The van der Waals surface area contributed by atoms with Crippen LogP contribution in [0.15, 0.2) is 36.5 Å². The molecular formula is C15H14F2N2O. The molecule has 0 radical (unpaired) electrons. The van der Waals surface area contributed by atoms with Crippen LogP contribution in [0, 0.1) is 11.8 Å². The molecule has 1 N–H and O–H groups in total. The first-order chi connectivity index (χ1) is 9.49. The standard InChI is InChI=1S/C15H14F2N2O/c1-9(2)10-3-5-11(6-4-10)19-15(20)12-7-8-18-14(17)13(12)16/h3-9H,1-2H3,(H,19,20). The fourth-order valence-corrected chi connectivity index (χ4v) is 1.74. The molecule has 0 aliphatic rings. The summed E-state index contributed by atoms with van der Waals surface area (Å²) in [6, 6.07) is 8.34. The van der Waals surface area contributed by atoms with Crippen molar-refractivity contribution < 1.29 is 13.6 Å². The number of hydrogen-bond donors (Lipinski definition) is 1. The van der Waals surface area contributed by atoms with Gasteiger partial charge in [-0.15, -0.1) is 0 Å². The third kappa shape index (κ3) is 2.99. The highest BCUT2D eigenvalue weighted by Gasteiger charge is 2.16. The van der Waals surface area contributed by atoms with Gasteiger partial charge in [-0.3, -0.25) is 4.79 Å². The van der Waals surface area contributed by atoms with Gasteiger partial charge in [-0.25, -0.2) is 9.37 Å². The zero-order valence-corrected chi connectivity index (χ0v) is 11.2. The van der Waals surface area contributed by atoms with E-state index in [9.17, 15) is 13.6 Å². The van der Waals surface area contributed by atoms with E-state index < -0.39 is 17.7 Å². The third-order valence-corrected chi connectivity index (χ3v) is 2.93. The van der Waals surface area contributed by atoms with Gasteiger partial charge in [0.2, 0.25) is 5.95 Å². The topological polar surface area (TPSA) is 42.0 Å². The maximum Gasteiger partial charge on any atom is 0.258 e. The van der Waals surface area contributed by atoms with Gasteiger partial charge in [0, 0.05) is 11.9 Å². The Hall–Kier alpha value is -2.30. The van der Waals surface area contributed by atoms with Gasteiger partial charge in [0.15, 0.2) is 5.82 Å². The number of carbonyl (C=O) groups excluding carboxylic acids is 1. The van der Waals surface area contributed by atoms with Gasteiger partial charge in [-0.1, -0.05) is 26.0 Å². The summed E-state index contributed by atoms with van der Waals surface area (Å²) in [5.74, 6) is -2.86. The molecule has 1 amide bonds. The maximum atomic E-state index is 13.4. The number of nitrogens with zero attached hydrogens (tertiary/aromatic N) is 1. The Balaban J connectivity index is 2.17. The molecule has 0 aliphatic heterocycles. The molecule has 104 valence electrons. The second kappa shape index (κ2) is 5.77. The van der Waals surface area contributed by atoms with Gasteiger partial charge in [-0.2, -0.15) is 4.39 Å². The van der Waals surface area contributed by atoms with Crippen molar-refractivity contribution in [2.45, 2.75) is 19.8 Å². The summed E-state index contributed by atoms with van der Waals surface area (Å²) in [5.41, 5.74) is 1.28. The van der Waals surface area contributed by atoms with Gasteiger partial charge in [-0.05, 0) is 29.7 Å². The quantitative estimate of drug-likeness (QED) is 0.868. The SMILES string of the molecule is CC(C)c1ccc(NC(=O)c2ccnc(F)c2F)cc1. The second-order valence-electron chi connectivity index (χ2n) is 4.69. The van der Waals surface area contributed by atoms with Crippen molar-refractivity contribution in [2.24, 2.45) is 0 Å². The normalized spacial score (nSPS) is 10.7. The molecule has 0 atom stereocenters. The van der Waals surface area contributed by atoms with Crippen LogP contribution in [0.2, 0.25) is 0 Å². The van der Waals surface area contributed by atoms with Gasteiger partial charge in [0.25, 0.3) is 5.91 Å². The molecule has 3 nitrogen and oxygen atoms in total. The Morgan fingerprint density at radius 2 is 1.80 bits per heavy atom. The molecule has 0 fully saturated rings. The monoisotopic (exact) mass is 276 g/mol. The van der Waals surface area contributed by atoms with E-state index in [0.29, 0.717) is 11.6 Å². The number of halogens is 2. The summed E-state index contributed by atoms with van der Waals surface area (Å²) >= 11 is 0. The van der Waals surface area contributed by atoms with Crippen LogP contribution >= 0.6 is 0 Å². The van der Waals surface area contributed by atoms with Crippen LogP contribution in [0.1, 0.15) is 35.7 Å². The minimum Gasteiger partial charge on any atom is -0.322 e. The van der Waals surface area contributed by atoms with Gasteiger partial charge >= 0.3 is 0 Å². The van der Waals surface area contributed by atoms with Crippen molar-refractivity contribution in [3.05, 3.63) is 59.4 Å². The highest BCUT2D eigenvalue weighted by molar-refractivity contribution is 6.04. The van der Waals surface area contributed by atoms with Crippen LogP contribution < -0.4 is 5.32 Å². The van der Waals surface area contributed by atoms with E-state index in [-0.39, 0.29) is 5.56 Å². The van der Waals surface area contributed by atoms with E-state index in [1.54, 1.807) is 12.1 Å². The fraction of sp³-hybridized carbons (Fsp3) is 0.200. The lowest BCUT2D eigenvalue weighted by Gasteiger charge is -2.09. The van der Waals surface area contributed by atoms with Crippen molar-refractivity contribution in [3.8, 4) is 0 Å². The molecule has 2 rings (SSSR count). The fourth-order valence-electron chi connectivity index (χ4n) is 1.74. The van der Waals surface area contributed by atoms with Crippen LogP contribution in [-0.4, -0.2) is 10.9 Å². The first-order valence-corrected chi connectivity index (χ1v) is 6.20. The van der Waals surface area contributed by atoms with Crippen LogP contribution in [0.4, 0.5) is 14.5 Å². The van der Waals surface area contributed by atoms with Gasteiger partial charge in [0.05, 0.1) is 5.56 Å². The zero-order valence-electron chi connectivity index (χ0n) is 11.2. The number of pyridine rings is 1. The van der Waals surface area contributed by atoms with Crippen LogP contribution in [0.3, 0.4) is 0 Å². The minimum atomic E-state index is -1.28. The average molecular weight is 276 g/mol. The molecule has 0 spiro atoms. The summed E-state index contributed by atoms with van der Waals surface area (Å²) in [5, 5.41) is 2.52. The first kappa shape index (κ1) is 14.1. The molecular weight excluding hydrogens is 262 g/mol. The predicted octanol–water partition coefficient (Wildman–Crippen LogP) is 3.74. The van der Waals surface area contributed by atoms with Crippen molar-refractivity contribution in [1.82, 2.24) is 4.98 Å². The molecule has 0 saturated carbocycles. The van der Waals surface area contributed by atoms with Crippen molar-refractivity contribution >= 4 is 11.6 Å². The predicted molar refractivity (Wildman–Crippen MR) is 72.6 cm³/mol. The van der Waals surface area contributed by atoms with Crippen molar-refractivity contribution in [3.63, 3.8) is 0 Å². The molecule has 0 bridgehead atoms. The summed E-state index contributed by atoms with van der Waals surface area (Å²) < 4.78 is 26.4. The number of carbonyl (C=O) groups is 1. The molecule has 1 aromatic carbocycles. The lowest BCUT2D eigenvalue weighted by Crippen LogP contribution is -2.15. The van der Waals surface area contributed by atoms with Crippen LogP contribution in [-0.2, 0) is 0 Å². The van der Waals surface area contributed by atoms with Gasteiger partial charge in [0.1, 0.15) is 0 Å². The number of benzene rings is 1. The van der Waals surface area contributed by atoms with E-state index in [1.165, 1.54) is 0 Å². The molecule has 0 unspecified atom stereocenters. The number of anilines is 1. The average Bonchev–Trinajstić information content (AvgIpc) is 2.42.